The number of carboxylic acids is 1. The summed E-state index contributed by atoms with van der Waals surface area (Å²) in [7, 11) is 3.11. The number of carbonyl (C=O) groups excluding carboxylic acids is 1. The van der Waals surface area contributed by atoms with Crippen molar-refractivity contribution in [3.8, 4) is 11.5 Å². The van der Waals surface area contributed by atoms with Crippen LogP contribution in [0.25, 0.3) is 0 Å². The number of hydrogen-bond acceptors (Lipinski definition) is 4. The second-order valence-corrected chi connectivity index (χ2v) is 7.42. The predicted octanol–water partition coefficient (Wildman–Crippen LogP) is 3.73. The lowest BCUT2D eigenvalue weighted by Gasteiger charge is -2.39. The molecule has 1 atom stereocenters. The van der Waals surface area contributed by atoms with Gasteiger partial charge in [0.15, 0.2) is 11.5 Å². The molecule has 6 nitrogen and oxygen atoms in total. The van der Waals surface area contributed by atoms with E-state index in [9.17, 15) is 14.7 Å². The molecular formula is C25H23NO5. The monoisotopic (exact) mass is 417 g/mol. The maximum Gasteiger partial charge on any atom is 0.323 e. The molecule has 158 valence electrons. The van der Waals surface area contributed by atoms with Crippen molar-refractivity contribution in [1.29, 1.82) is 0 Å². The van der Waals surface area contributed by atoms with Gasteiger partial charge in [0, 0.05) is 12.0 Å². The zero-order chi connectivity index (χ0) is 22.0. The number of carboxylic acid groups (broad SMARTS) is 1. The van der Waals surface area contributed by atoms with Crippen LogP contribution in [0.2, 0.25) is 0 Å². The molecule has 0 saturated heterocycles. The van der Waals surface area contributed by atoms with Crippen LogP contribution in [0.1, 0.15) is 27.0 Å². The molecular weight excluding hydrogens is 394 g/mol. The molecule has 1 N–H and O–H groups in total. The molecule has 0 bridgehead atoms. The number of hydrogen-bond donors (Lipinski definition) is 1. The van der Waals surface area contributed by atoms with Crippen LogP contribution in [0.4, 0.5) is 0 Å². The summed E-state index contributed by atoms with van der Waals surface area (Å²) in [6, 6.07) is 22.5. The highest BCUT2D eigenvalue weighted by atomic mass is 16.5. The van der Waals surface area contributed by atoms with Crippen molar-refractivity contribution in [1.82, 2.24) is 4.90 Å². The summed E-state index contributed by atoms with van der Waals surface area (Å²) < 4.78 is 10.9. The van der Waals surface area contributed by atoms with E-state index in [0.29, 0.717) is 23.5 Å². The van der Waals surface area contributed by atoms with Crippen LogP contribution >= 0.6 is 0 Å². The first-order chi connectivity index (χ1) is 15.0. The zero-order valence-electron chi connectivity index (χ0n) is 17.4. The number of amides is 1. The summed E-state index contributed by atoms with van der Waals surface area (Å²) in [6.07, 6.45) is 0.416. The Balaban J connectivity index is 2.01. The van der Waals surface area contributed by atoms with Gasteiger partial charge in [0.1, 0.15) is 6.54 Å². The van der Waals surface area contributed by atoms with Gasteiger partial charge in [-0.3, -0.25) is 9.59 Å². The SMILES string of the molecule is COc1ccc(C2(Cc3ccccc3)c3ccccc3C(=O)N2CC(=O)O)cc1OC. The molecule has 0 spiro atoms. The minimum atomic E-state index is -1.07. The van der Waals surface area contributed by atoms with Crippen LogP contribution in [0.5, 0.6) is 11.5 Å². The minimum absolute atomic E-state index is 0.302. The highest BCUT2D eigenvalue weighted by Gasteiger charge is 2.51. The van der Waals surface area contributed by atoms with Crippen LogP contribution < -0.4 is 9.47 Å². The van der Waals surface area contributed by atoms with E-state index in [2.05, 4.69) is 0 Å². The third-order valence-corrected chi connectivity index (χ3v) is 5.77. The Bertz CT molecular complexity index is 1130. The maximum atomic E-state index is 13.4. The van der Waals surface area contributed by atoms with Crippen LogP contribution in [-0.4, -0.2) is 42.6 Å². The normalized spacial score (nSPS) is 17.4. The fraction of sp³-hybridized carbons (Fsp3) is 0.200. The van der Waals surface area contributed by atoms with Crippen molar-refractivity contribution in [2.75, 3.05) is 20.8 Å². The number of ether oxygens (including phenoxy) is 2. The zero-order valence-corrected chi connectivity index (χ0v) is 17.4. The van der Waals surface area contributed by atoms with Crippen molar-refractivity contribution in [3.63, 3.8) is 0 Å². The third kappa shape index (κ3) is 3.40. The second-order valence-electron chi connectivity index (χ2n) is 7.42. The van der Waals surface area contributed by atoms with Gasteiger partial charge in [0.05, 0.1) is 19.8 Å². The molecule has 0 saturated carbocycles. The van der Waals surface area contributed by atoms with E-state index in [1.54, 1.807) is 32.4 Å². The maximum absolute atomic E-state index is 13.4. The molecule has 1 aliphatic heterocycles. The summed E-state index contributed by atoms with van der Waals surface area (Å²) in [4.78, 5) is 26.7. The van der Waals surface area contributed by atoms with Crippen LogP contribution in [0.3, 0.4) is 0 Å². The topological polar surface area (TPSA) is 76.1 Å². The van der Waals surface area contributed by atoms with Gasteiger partial charge in [-0.1, -0.05) is 54.6 Å². The molecule has 0 aromatic heterocycles. The van der Waals surface area contributed by atoms with E-state index >= 15 is 0 Å². The Morgan fingerprint density at radius 1 is 0.935 bits per heavy atom. The van der Waals surface area contributed by atoms with E-state index in [4.69, 9.17) is 9.47 Å². The Morgan fingerprint density at radius 2 is 1.61 bits per heavy atom. The summed E-state index contributed by atoms with van der Waals surface area (Å²) in [5, 5.41) is 9.66. The Hall–Kier alpha value is -3.80. The van der Waals surface area contributed by atoms with Gasteiger partial charge in [0.2, 0.25) is 0 Å². The van der Waals surface area contributed by atoms with E-state index in [1.165, 1.54) is 4.90 Å². The first kappa shape index (κ1) is 20.5. The van der Waals surface area contributed by atoms with Crippen molar-refractivity contribution in [2.45, 2.75) is 12.0 Å². The Labute approximate surface area is 180 Å². The van der Waals surface area contributed by atoms with Crippen molar-refractivity contribution < 1.29 is 24.2 Å². The predicted molar refractivity (Wildman–Crippen MR) is 116 cm³/mol. The van der Waals surface area contributed by atoms with Crippen LogP contribution in [0.15, 0.2) is 72.8 Å². The number of nitrogens with zero attached hydrogens (tertiary/aromatic N) is 1. The first-order valence-corrected chi connectivity index (χ1v) is 9.91. The molecule has 1 heterocycles. The lowest BCUT2D eigenvalue weighted by atomic mass is 9.77. The van der Waals surface area contributed by atoms with Crippen LogP contribution in [0, 0.1) is 0 Å². The smallest absolute Gasteiger partial charge is 0.323 e. The highest BCUT2D eigenvalue weighted by Crippen LogP contribution is 2.48. The molecule has 3 aromatic carbocycles. The lowest BCUT2D eigenvalue weighted by molar-refractivity contribution is -0.138. The summed E-state index contributed by atoms with van der Waals surface area (Å²) in [5.74, 6) is -0.300. The average molecular weight is 417 g/mol. The summed E-state index contributed by atoms with van der Waals surface area (Å²) in [6.45, 7) is -0.422. The van der Waals surface area contributed by atoms with Crippen molar-refractivity contribution in [3.05, 3.63) is 95.1 Å². The largest absolute Gasteiger partial charge is 0.493 e. The standard InChI is InChI=1S/C25H23NO5/c1-30-21-13-12-18(14-22(21)31-2)25(15-17-8-4-3-5-9-17)20-11-7-6-10-19(20)24(29)26(25)16-23(27)28/h3-14H,15-16H2,1-2H3,(H,27,28). The van der Waals surface area contributed by atoms with E-state index in [1.807, 2.05) is 54.6 Å². The van der Waals surface area contributed by atoms with Crippen LogP contribution in [-0.2, 0) is 16.8 Å². The van der Waals surface area contributed by atoms with Gasteiger partial charge < -0.3 is 19.5 Å². The number of rotatable bonds is 7. The van der Waals surface area contributed by atoms with Gasteiger partial charge in [-0.25, -0.2) is 0 Å². The number of methoxy groups -OCH3 is 2. The minimum Gasteiger partial charge on any atom is -0.493 e. The average Bonchev–Trinajstić information content (AvgIpc) is 3.02. The van der Waals surface area contributed by atoms with Gasteiger partial charge in [-0.2, -0.15) is 0 Å². The van der Waals surface area contributed by atoms with E-state index < -0.39 is 18.1 Å². The molecule has 0 fully saturated rings. The Morgan fingerprint density at radius 3 is 2.29 bits per heavy atom. The van der Waals surface area contributed by atoms with Gasteiger partial charge in [0.25, 0.3) is 5.91 Å². The van der Waals surface area contributed by atoms with Gasteiger partial charge >= 0.3 is 5.97 Å². The summed E-state index contributed by atoms with van der Waals surface area (Å²) >= 11 is 0. The highest BCUT2D eigenvalue weighted by molar-refractivity contribution is 6.02. The molecule has 1 aliphatic rings. The fourth-order valence-corrected chi connectivity index (χ4v) is 4.43. The van der Waals surface area contributed by atoms with Gasteiger partial charge in [-0.15, -0.1) is 0 Å². The quantitative estimate of drug-likeness (QED) is 0.634. The van der Waals surface area contributed by atoms with E-state index in [-0.39, 0.29) is 5.91 Å². The first-order valence-electron chi connectivity index (χ1n) is 9.91. The molecule has 1 unspecified atom stereocenters. The van der Waals surface area contributed by atoms with Crippen molar-refractivity contribution in [2.24, 2.45) is 0 Å². The molecule has 3 aromatic rings. The number of aliphatic carboxylic acids is 1. The molecule has 4 rings (SSSR count). The third-order valence-electron chi connectivity index (χ3n) is 5.77. The molecule has 6 heteroatoms. The molecule has 31 heavy (non-hydrogen) atoms. The molecule has 0 radical (unpaired) electrons. The van der Waals surface area contributed by atoms with Gasteiger partial charge in [-0.05, 0) is 34.9 Å². The lowest BCUT2D eigenvalue weighted by Crippen LogP contribution is -2.48. The molecule has 1 amide bonds. The fourth-order valence-electron chi connectivity index (χ4n) is 4.43. The number of fused-ring (bicyclic) bond motifs is 1. The summed E-state index contributed by atoms with van der Waals surface area (Å²) in [5.41, 5.74) is 2.02. The van der Waals surface area contributed by atoms with Crippen molar-refractivity contribution >= 4 is 11.9 Å². The van der Waals surface area contributed by atoms with E-state index in [0.717, 1.165) is 16.7 Å². The molecule has 0 aliphatic carbocycles. The number of carbonyl (C=O) groups is 2. The number of benzene rings is 3. The Kier molecular flexibility index (Phi) is 5.38. The second kappa shape index (κ2) is 8.14.